The number of hydrogen-bond acceptors (Lipinski definition) is 5. The molecule has 0 fully saturated rings. The van der Waals surface area contributed by atoms with Crippen LogP contribution in [0.3, 0.4) is 0 Å². The van der Waals surface area contributed by atoms with Gasteiger partial charge >= 0.3 is 0 Å². The van der Waals surface area contributed by atoms with Gasteiger partial charge in [0.15, 0.2) is 0 Å². The van der Waals surface area contributed by atoms with E-state index in [1.165, 1.54) is 14.2 Å². The third-order valence-electron chi connectivity index (χ3n) is 3.27. The predicted octanol–water partition coefficient (Wildman–Crippen LogP) is 2.68. The molecule has 0 unspecified atom stereocenters. The fourth-order valence-corrected chi connectivity index (χ4v) is 2.05. The first-order valence-corrected chi connectivity index (χ1v) is 6.88. The maximum Gasteiger partial charge on any atom is 0.270 e. The van der Waals surface area contributed by atoms with Gasteiger partial charge in [-0.05, 0) is 23.8 Å². The molecule has 1 N–H and O–H groups in total. The van der Waals surface area contributed by atoms with Crippen LogP contribution in [0.4, 0.5) is 10.1 Å². The topological polar surface area (TPSA) is 90.7 Å². The van der Waals surface area contributed by atoms with Gasteiger partial charge in [-0.1, -0.05) is 0 Å². The highest BCUT2D eigenvalue weighted by Gasteiger charge is 2.17. The molecule has 0 aliphatic carbocycles. The van der Waals surface area contributed by atoms with Gasteiger partial charge in [0, 0.05) is 24.7 Å². The summed E-state index contributed by atoms with van der Waals surface area (Å²) in [5, 5.41) is 13.2. The molecule has 0 saturated heterocycles. The minimum Gasteiger partial charge on any atom is -0.497 e. The second-order valence-electron chi connectivity index (χ2n) is 4.82. The minimum atomic E-state index is -0.832. The standard InChI is InChI=1S/C16H15FN2O5/c1-23-12-5-10(6-13(8-12)24-2)9-18-16(20)14-7-11(19(21)22)3-4-15(14)17/h3-8H,9H2,1-2H3,(H,18,20). The van der Waals surface area contributed by atoms with Gasteiger partial charge in [0.05, 0.1) is 24.7 Å². The highest BCUT2D eigenvalue weighted by molar-refractivity contribution is 5.95. The van der Waals surface area contributed by atoms with Crippen molar-refractivity contribution in [3.63, 3.8) is 0 Å². The molecule has 0 atom stereocenters. The number of nitro benzene ring substituents is 1. The lowest BCUT2D eigenvalue weighted by Gasteiger charge is -2.10. The van der Waals surface area contributed by atoms with Crippen molar-refractivity contribution in [2.45, 2.75) is 6.54 Å². The van der Waals surface area contributed by atoms with E-state index < -0.39 is 16.6 Å². The first-order chi connectivity index (χ1) is 11.4. The Kier molecular flexibility index (Phi) is 5.31. The summed E-state index contributed by atoms with van der Waals surface area (Å²) in [5.41, 5.74) is -0.0750. The summed E-state index contributed by atoms with van der Waals surface area (Å²) in [7, 11) is 2.99. The predicted molar refractivity (Wildman–Crippen MR) is 83.8 cm³/mol. The van der Waals surface area contributed by atoms with Crippen molar-refractivity contribution in [2.75, 3.05) is 14.2 Å². The summed E-state index contributed by atoms with van der Waals surface area (Å²) in [6, 6.07) is 7.84. The van der Waals surface area contributed by atoms with Crippen LogP contribution in [-0.4, -0.2) is 25.1 Å². The molecule has 126 valence electrons. The lowest BCUT2D eigenvalue weighted by molar-refractivity contribution is -0.384. The lowest BCUT2D eigenvalue weighted by Crippen LogP contribution is -2.24. The molecule has 0 bridgehead atoms. The van der Waals surface area contributed by atoms with Gasteiger partial charge in [-0.25, -0.2) is 4.39 Å². The number of nitrogens with one attached hydrogen (secondary N) is 1. The molecule has 2 aromatic rings. The van der Waals surface area contributed by atoms with Crippen LogP contribution in [0.1, 0.15) is 15.9 Å². The van der Waals surface area contributed by atoms with Crippen LogP contribution in [0.25, 0.3) is 0 Å². The number of hydrogen-bond donors (Lipinski definition) is 1. The molecule has 2 aromatic carbocycles. The quantitative estimate of drug-likeness (QED) is 0.648. The van der Waals surface area contributed by atoms with Gasteiger partial charge in [-0.15, -0.1) is 0 Å². The first-order valence-electron chi connectivity index (χ1n) is 6.88. The number of rotatable bonds is 6. The zero-order chi connectivity index (χ0) is 17.7. The maximum atomic E-state index is 13.7. The van der Waals surface area contributed by atoms with Crippen LogP contribution in [0.5, 0.6) is 11.5 Å². The number of methoxy groups -OCH3 is 2. The van der Waals surface area contributed by atoms with Gasteiger partial charge < -0.3 is 14.8 Å². The van der Waals surface area contributed by atoms with Crippen LogP contribution < -0.4 is 14.8 Å². The second kappa shape index (κ2) is 7.40. The third kappa shape index (κ3) is 3.97. The summed E-state index contributed by atoms with van der Waals surface area (Å²) < 4.78 is 24.0. The van der Waals surface area contributed by atoms with E-state index in [0.717, 1.165) is 18.2 Å². The normalized spacial score (nSPS) is 10.1. The van der Waals surface area contributed by atoms with E-state index in [1.54, 1.807) is 18.2 Å². The molecule has 2 rings (SSSR count). The van der Waals surface area contributed by atoms with E-state index in [2.05, 4.69) is 5.32 Å². The number of nitro groups is 1. The van der Waals surface area contributed by atoms with E-state index in [-0.39, 0.29) is 17.8 Å². The summed E-state index contributed by atoms with van der Waals surface area (Å²) in [6.45, 7) is 0.0779. The Morgan fingerprint density at radius 2 is 1.79 bits per heavy atom. The lowest BCUT2D eigenvalue weighted by atomic mass is 10.1. The number of ether oxygens (including phenoxy) is 2. The molecular formula is C16H15FN2O5. The van der Waals surface area contributed by atoms with Crippen molar-refractivity contribution in [2.24, 2.45) is 0 Å². The van der Waals surface area contributed by atoms with Gasteiger partial charge in [-0.3, -0.25) is 14.9 Å². The summed E-state index contributed by atoms with van der Waals surface area (Å²) in [6.07, 6.45) is 0. The minimum absolute atomic E-state index is 0.0779. The van der Waals surface area contributed by atoms with Gasteiger partial charge in [0.1, 0.15) is 17.3 Å². The highest BCUT2D eigenvalue weighted by Crippen LogP contribution is 2.22. The average Bonchev–Trinajstić information content (AvgIpc) is 2.59. The SMILES string of the molecule is COc1cc(CNC(=O)c2cc([N+](=O)[O-])ccc2F)cc(OC)c1. The van der Waals surface area contributed by atoms with Crippen molar-refractivity contribution in [1.82, 2.24) is 5.32 Å². The zero-order valence-electron chi connectivity index (χ0n) is 13.0. The van der Waals surface area contributed by atoms with Crippen molar-refractivity contribution < 1.29 is 23.6 Å². The fraction of sp³-hybridized carbons (Fsp3) is 0.188. The van der Waals surface area contributed by atoms with Crippen molar-refractivity contribution >= 4 is 11.6 Å². The van der Waals surface area contributed by atoms with Crippen molar-refractivity contribution in [3.8, 4) is 11.5 Å². The number of carbonyl (C=O) groups is 1. The van der Waals surface area contributed by atoms with Crippen LogP contribution >= 0.6 is 0 Å². The first kappa shape index (κ1) is 17.2. The average molecular weight is 334 g/mol. The Morgan fingerprint density at radius 1 is 1.17 bits per heavy atom. The van der Waals surface area contributed by atoms with Crippen molar-refractivity contribution in [3.05, 3.63) is 63.5 Å². The Balaban J connectivity index is 2.16. The molecule has 0 radical (unpaired) electrons. The van der Waals surface area contributed by atoms with Crippen LogP contribution in [0.2, 0.25) is 0 Å². The van der Waals surface area contributed by atoms with Crippen LogP contribution in [0.15, 0.2) is 36.4 Å². The summed E-state index contributed by atoms with van der Waals surface area (Å²) >= 11 is 0. The molecule has 0 heterocycles. The van der Waals surface area contributed by atoms with Gasteiger partial charge in [0.25, 0.3) is 11.6 Å². The molecule has 0 saturated carbocycles. The highest BCUT2D eigenvalue weighted by atomic mass is 19.1. The number of amides is 1. The summed E-state index contributed by atoms with van der Waals surface area (Å²) in [5.74, 6) is -0.500. The second-order valence-corrected chi connectivity index (χ2v) is 4.82. The van der Waals surface area contributed by atoms with E-state index in [1.807, 2.05) is 0 Å². The monoisotopic (exact) mass is 334 g/mol. The van der Waals surface area contributed by atoms with Crippen LogP contribution in [0, 0.1) is 15.9 Å². The number of non-ortho nitro benzene ring substituents is 1. The number of carbonyl (C=O) groups excluding carboxylic acids is 1. The van der Waals surface area contributed by atoms with Gasteiger partial charge in [0.2, 0.25) is 0 Å². The smallest absolute Gasteiger partial charge is 0.270 e. The van der Waals surface area contributed by atoms with Crippen LogP contribution in [-0.2, 0) is 6.54 Å². The number of benzene rings is 2. The Labute approximate surface area is 137 Å². The Bertz CT molecular complexity index is 757. The Hall–Kier alpha value is -3.16. The molecule has 24 heavy (non-hydrogen) atoms. The largest absolute Gasteiger partial charge is 0.497 e. The molecular weight excluding hydrogens is 319 g/mol. The molecule has 1 amide bonds. The fourth-order valence-electron chi connectivity index (χ4n) is 2.05. The van der Waals surface area contributed by atoms with E-state index in [4.69, 9.17) is 9.47 Å². The maximum absolute atomic E-state index is 13.7. The molecule has 0 aromatic heterocycles. The van der Waals surface area contributed by atoms with Gasteiger partial charge in [-0.2, -0.15) is 0 Å². The summed E-state index contributed by atoms with van der Waals surface area (Å²) in [4.78, 5) is 22.1. The van der Waals surface area contributed by atoms with E-state index >= 15 is 0 Å². The zero-order valence-corrected chi connectivity index (χ0v) is 13.0. The Morgan fingerprint density at radius 3 is 2.33 bits per heavy atom. The molecule has 0 spiro atoms. The molecule has 7 nitrogen and oxygen atoms in total. The van der Waals surface area contributed by atoms with E-state index in [0.29, 0.717) is 17.1 Å². The number of halogens is 1. The molecule has 0 aliphatic heterocycles. The van der Waals surface area contributed by atoms with Crippen molar-refractivity contribution in [1.29, 1.82) is 0 Å². The molecule has 8 heteroatoms. The number of nitrogens with zero attached hydrogens (tertiary/aromatic N) is 1. The third-order valence-corrected chi connectivity index (χ3v) is 3.27. The van der Waals surface area contributed by atoms with E-state index in [9.17, 15) is 19.3 Å². The molecule has 0 aliphatic rings.